The summed E-state index contributed by atoms with van der Waals surface area (Å²) >= 11 is 7.96. The number of fused-ring (bicyclic) bond motifs is 3. The SMILES string of the molecule is CCCCCCOc1ccc(OCCOc2c(Cl)cc(C=c3sc4nc5ccccc5n4c3=O)cc2OCC)cc1. The van der Waals surface area contributed by atoms with Crippen LogP contribution in [0.25, 0.3) is 22.1 Å². The minimum Gasteiger partial charge on any atom is -0.494 e. The van der Waals surface area contributed by atoms with Crippen LogP contribution in [-0.2, 0) is 0 Å². The molecule has 7 nitrogen and oxygen atoms in total. The quantitative estimate of drug-likeness (QED) is 0.130. The summed E-state index contributed by atoms with van der Waals surface area (Å²) in [5.74, 6) is 2.52. The third-order valence-electron chi connectivity index (χ3n) is 6.46. The highest BCUT2D eigenvalue weighted by molar-refractivity contribution is 7.15. The van der Waals surface area contributed by atoms with Crippen LogP contribution >= 0.6 is 22.9 Å². The highest BCUT2D eigenvalue weighted by Crippen LogP contribution is 2.37. The van der Waals surface area contributed by atoms with Gasteiger partial charge in [0.25, 0.3) is 5.56 Å². The van der Waals surface area contributed by atoms with Gasteiger partial charge in [-0.2, -0.15) is 0 Å². The first kappa shape index (κ1) is 28.8. The van der Waals surface area contributed by atoms with E-state index < -0.39 is 0 Å². The van der Waals surface area contributed by atoms with Crippen LogP contribution in [0.15, 0.2) is 65.5 Å². The molecule has 2 aromatic heterocycles. The first-order valence-corrected chi connectivity index (χ1v) is 15.1. The van der Waals surface area contributed by atoms with Gasteiger partial charge in [0.05, 0.1) is 33.8 Å². The van der Waals surface area contributed by atoms with Crippen molar-refractivity contribution >= 4 is 45.0 Å². The molecule has 0 saturated carbocycles. The van der Waals surface area contributed by atoms with Crippen molar-refractivity contribution in [1.29, 1.82) is 0 Å². The molecule has 0 spiro atoms. The molecule has 0 radical (unpaired) electrons. The molecule has 9 heteroatoms. The maximum Gasteiger partial charge on any atom is 0.274 e. The largest absolute Gasteiger partial charge is 0.494 e. The summed E-state index contributed by atoms with van der Waals surface area (Å²) in [7, 11) is 0. The zero-order valence-corrected chi connectivity index (χ0v) is 24.8. The molecule has 0 aliphatic rings. The molecule has 0 fully saturated rings. The molecule has 5 rings (SSSR count). The highest BCUT2D eigenvalue weighted by atomic mass is 35.5. The Labute approximate surface area is 247 Å². The van der Waals surface area contributed by atoms with Crippen molar-refractivity contribution in [3.05, 3.63) is 86.1 Å². The van der Waals surface area contributed by atoms with Gasteiger partial charge in [-0.1, -0.05) is 61.3 Å². The van der Waals surface area contributed by atoms with Crippen LogP contribution in [0.4, 0.5) is 0 Å². The molecule has 0 atom stereocenters. The summed E-state index contributed by atoms with van der Waals surface area (Å²) in [5.41, 5.74) is 2.22. The molecule has 2 heterocycles. The van der Waals surface area contributed by atoms with E-state index in [4.69, 9.17) is 30.5 Å². The average molecular weight is 593 g/mol. The van der Waals surface area contributed by atoms with Gasteiger partial charge in [-0.25, -0.2) is 9.38 Å². The molecular weight excluding hydrogens is 560 g/mol. The fourth-order valence-corrected chi connectivity index (χ4v) is 5.75. The van der Waals surface area contributed by atoms with E-state index in [1.807, 2.05) is 61.5 Å². The second-order valence-corrected chi connectivity index (χ2v) is 10.9. The summed E-state index contributed by atoms with van der Waals surface area (Å²) in [4.78, 5) is 18.4. The fraction of sp³-hybridized carbons (Fsp3) is 0.312. The zero-order valence-electron chi connectivity index (χ0n) is 23.2. The van der Waals surface area contributed by atoms with Gasteiger partial charge in [-0.3, -0.25) is 4.79 Å². The molecule has 0 amide bonds. The van der Waals surface area contributed by atoms with E-state index in [0.29, 0.717) is 39.2 Å². The van der Waals surface area contributed by atoms with E-state index in [1.165, 1.54) is 30.6 Å². The number of para-hydroxylation sites is 2. The van der Waals surface area contributed by atoms with Gasteiger partial charge in [0.1, 0.15) is 24.7 Å². The lowest BCUT2D eigenvalue weighted by Gasteiger charge is -2.15. The van der Waals surface area contributed by atoms with Gasteiger partial charge in [0.2, 0.25) is 0 Å². The van der Waals surface area contributed by atoms with Gasteiger partial charge in [0.15, 0.2) is 16.5 Å². The smallest absolute Gasteiger partial charge is 0.274 e. The summed E-state index contributed by atoms with van der Waals surface area (Å²) in [6, 6.07) is 18.8. The van der Waals surface area contributed by atoms with Crippen molar-refractivity contribution in [3.8, 4) is 23.0 Å². The van der Waals surface area contributed by atoms with Gasteiger partial charge in [-0.05, 0) is 73.5 Å². The van der Waals surface area contributed by atoms with Crippen molar-refractivity contribution in [3.63, 3.8) is 0 Å². The number of halogens is 1. The lowest BCUT2D eigenvalue weighted by Crippen LogP contribution is -2.22. The highest BCUT2D eigenvalue weighted by Gasteiger charge is 2.14. The van der Waals surface area contributed by atoms with E-state index in [2.05, 4.69) is 11.9 Å². The van der Waals surface area contributed by atoms with Crippen molar-refractivity contribution in [2.24, 2.45) is 0 Å². The van der Waals surface area contributed by atoms with Gasteiger partial charge in [-0.15, -0.1) is 0 Å². The van der Waals surface area contributed by atoms with Crippen LogP contribution in [0.5, 0.6) is 23.0 Å². The Balaban J connectivity index is 1.23. The Kier molecular flexibility index (Phi) is 9.64. The van der Waals surface area contributed by atoms with E-state index in [9.17, 15) is 4.79 Å². The minimum absolute atomic E-state index is 0.114. The lowest BCUT2D eigenvalue weighted by atomic mass is 10.2. The molecule has 0 aliphatic heterocycles. The van der Waals surface area contributed by atoms with E-state index in [0.717, 1.165) is 41.1 Å². The molecule has 0 aliphatic carbocycles. The number of thiazole rings is 1. The Morgan fingerprint density at radius 3 is 2.37 bits per heavy atom. The number of benzene rings is 3. The second kappa shape index (κ2) is 13.7. The summed E-state index contributed by atoms with van der Waals surface area (Å²) in [5, 5.41) is 0.391. The number of hydrogen-bond acceptors (Lipinski definition) is 7. The maximum atomic E-state index is 13.2. The fourth-order valence-electron chi connectivity index (χ4n) is 4.49. The van der Waals surface area contributed by atoms with Crippen LogP contribution in [0.3, 0.4) is 0 Å². The van der Waals surface area contributed by atoms with Gasteiger partial charge in [0, 0.05) is 0 Å². The van der Waals surface area contributed by atoms with Crippen LogP contribution in [0.1, 0.15) is 45.1 Å². The van der Waals surface area contributed by atoms with Gasteiger partial charge < -0.3 is 18.9 Å². The van der Waals surface area contributed by atoms with E-state index in [1.54, 1.807) is 16.5 Å². The third-order valence-corrected chi connectivity index (χ3v) is 7.71. The molecule has 214 valence electrons. The molecule has 5 aromatic rings. The molecule has 0 bridgehead atoms. The van der Waals surface area contributed by atoms with Crippen LogP contribution < -0.4 is 29.0 Å². The van der Waals surface area contributed by atoms with Crippen molar-refractivity contribution in [2.75, 3.05) is 26.4 Å². The number of aromatic nitrogens is 2. The molecule has 41 heavy (non-hydrogen) atoms. The number of nitrogens with zero attached hydrogens (tertiary/aromatic N) is 2. The summed E-state index contributed by atoms with van der Waals surface area (Å²) < 4.78 is 25.6. The van der Waals surface area contributed by atoms with E-state index >= 15 is 0 Å². The molecule has 0 N–H and O–H groups in total. The number of hydrogen-bond donors (Lipinski definition) is 0. The average Bonchev–Trinajstić information content (AvgIpc) is 3.48. The molecular formula is C32H33ClN2O5S. The Bertz CT molecular complexity index is 1710. The van der Waals surface area contributed by atoms with Crippen LogP contribution in [0, 0.1) is 0 Å². The molecule has 3 aromatic carbocycles. The third kappa shape index (κ3) is 6.94. The Morgan fingerprint density at radius 1 is 0.878 bits per heavy atom. The van der Waals surface area contributed by atoms with Crippen LogP contribution in [-0.4, -0.2) is 35.8 Å². The number of unbranched alkanes of at least 4 members (excludes halogenated alkanes) is 3. The van der Waals surface area contributed by atoms with Crippen LogP contribution in [0.2, 0.25) is 5.02 Å². The molecule has 0 saturated heterocycles. The Morgan fingerprint density at radius 2 is 1.61 bits per heavy atom. The van der Waals surface area contributed by atoms with Gasteiger partial charge >= 0.3 is 0 Å². The maximum absolute atomic E-state index is 13.2. The number of rotatable bonds is 14. The number of imidazole rings is 1. The first-order chi connectivity index (χ1) is 20.1. The number of ether oxygens (including phenoxy) is 4. The minimum atomic E-state index is -0.114. The normalized spacial score (nSPS) is 11.8. The van der Waals surface area contributed by atoms with Crippen molar-refractivity contribution in [1.82, 2.24) is 9.38 Å². The summed E-state index contributed by atoms with van der Waals surface area (Å²) in [6.45, 7) is 5.86. The van der Waals surface area contributed by atoms with Crippen molar-refractivity contribution in [2.45, 2.75) is 39.5 Å². The second-order valence-electron chi connectivity index (χ2n) is 9.47. The topological polar surface area (TPSA) is 71.3 Å². The predicted octanol–water partition coefficient (Wildman–Crippen LogP) is 6.93. The molecule has 0 unspecified atom stereocenters. The lowest BCUT2D eigenvalue weighted by molar-refractivity contribution is 0.208. The van der Waals surface area contributed by atoms with E-state index in [-0.39, 0.29) is 12.2 Å². The standard InChI is InChI=1S/C32H33ClN2O5S/c1-3-5-6-9-16-38-23-12-14-24(15-13-23)39-17-18-40-30-25(33)19-22(20-28(30)37-4-2)21-29-31(36)35-27-11-8-7-10-26(27)34-32(35)41-29/h7-8,10-15,19-21H,3-6,9,16-18H2,1-2H3. The summed E-state index contributed by atoms with van der Waals surface area (Å²) in [6.07, 6.45) is 6.51. The Hall–Kier alpha value is -3.75. The zero-order chi connectivity index (χ0) is 28.6. The first-order valence-electron chi connectivity index (χ1n) is 13.9. The predicted molar refractivity (Wildman–Crippen MR) is 165 cm³/mol. The van der Waals surface area contributed by atoms with Crippen molar-refractivity contribution < 1.29 is 18.9 Å². The monoisotopic (exact) mass is 592 g/mol.